The van der Waals surface area contributed by atoms with Gasteiger partial charge in [-0.25, -0.2) is 9.97 Å². The maximum absolute atomic E-state index is 12.7. The number of carbonyl (C=O) groups is 1. The molecule has 1 fully saturated rings. The fourth-order valence-corrected chi connectivity index (χ4v) is 4.13. The van der Waals surface area contributed by atoms with Crippen molar-refractivity contribution in [2.75, 3.05) is 13.1 Å². The van der Waals surface area contributed by atoms with Gasteiger partial charge in [0.05, 0.1) is 12.3 Å². The Morgan fingerprint density at radius 1 is 1.25 bits per heavy atom. The Morgan fingerprint density at radius 3 is 2.82 bits per heavy atom. The molecule has 1 amide bonds. The van der Waals surface area contributed by atoms with Crippen molar-refractivity contribution in [2.45, 2.75) is 45.1 Å². The number of likely N-dealkylation sites (tertiary alicyclic amines) is 1. The molecule has 0 saturated carbocycles. The minimum absolute atomic E-state index is 0.0423. The standard InChI is InChI=1S/C22H26N4O2/c1-15-23-13-18(14-27)22(25-15)16-8-10-26(11-9-16)21(28)7-6-17-12-24-20-5-3-2-4-19(17)20/h2-5,12-13,16,24,27H,6-11,14H2,1H3. The molecular formula is C22H26N4O2. The molecular weight excluding hydrogens is 352 g/mol. The molecule has 2 aromatic heterocycles. The van der Waals surface area contributed by atoms with Crippen LogP contribution in [0, 0.1) is 6.92 Å². The quantitative estimate of drug-likeness (QED) is 0.715. The van der Waals surface area contributed by atoms with Crippen LogP contribution in [0.3, 0.4) is 0 Å². The minimum Gasteiger partial charge on any atom is -0.392 e. The van der Waals surface area contributed by atoms with Crippen LogP contribution in [0.15, 0.2) is 36.7 Å². The molecule has 0 unspecified atom stereocenters. The first kappa shape index (κ1) is 18.6. The molecule has 6 heteroatoms. The number of piperidine rings is 1. The number of aliphatic hydroxyl groups excluding tert-OH is 1. The lowest BCUT2D eigenvalue weighted by Crippen LogP contribution is -2.38. The maximum Gasteiger partial charge on any atom is 0.222 e. The number of hydrogen-bond acceptors (Lipinski definition) is 4. The van der Waals surface area contributed by atoms with E-state index in [0.717, 1.165) is 55.0 Å². The smallest absolute Gasteiger partial charge is 0.222 e. The largest absolute Gasteiger partial charge is 0.392 e. The predicted octanol–water partition coefficient (Wildman–Crippen LogP) is 3.10. The molecule has 4 rings (SSSR count). The maximum atomic E-state index is 12.7. The third-order valence-electron chi connectivity index (χ3n) is 5.71. The molecule has 2 N–H and O–H groups in total. The van der Waals surface area contributed by atoms with Crippen LogP contribution in [0.1, 0.15) is 47.8 Å². The molecule has 0 atom stereocenters. The van der Waals surface area contributed by atoms with Gasteiger partial charge in [-0.3, -0.25) is 4.79 Å². The Labute approximate surface area is 164 Å². The Hall–Kier alpha value is -2.73. The summed E-state index contributed by atoms with van der Waals surface area (Å²) >= 11 is 0. The van der Waals surface area contributed by atoms with Gasteiger partial charge in [-0.05, 0) is 37.8 Å². The lowest BCUT2D eigenvalue weighted by molar-refractivity contribution is -0.132. The first-order chi connectivity index (χ1) is 13.7. The average Bonchev–Trinajstić information content (AvgIpc) is 3.15. The number of nitrogens with zero attached hydrogens (tertiary/aromatic N) is 3. The summed E-state index contributed by atoms with van der Waals surface area (Å²) in [5.74, 6) is 1.22. The first-order valence-corrected chi connectivity index (χ1v) is 9.91. The molecule has 146 valence electrons. The normalized spacial score (nSPS) is 15.3. The van der Waals surface area contributed by atoms with E-state index in [9.17, 15) is 9.90 Å². The van der Waals surface area contributed by atoms with Crippen molar-refractivity contribution in [3.8, 4) is 0 Å². The molecule has 0 radical (unpaired) electrons. The minimum atomic E-state index is -0.0423. The highest BCUT2D eigenvalue weighted by molar-refractivity contribution is 5.84. The van der Waals surface area contributed by atoms with Gasteiger partial charge in [-0.15, -0.1) is 0 Å². The van der Waals surface area contributed by atoms with E-state index in [4.69, 9.17) is 0 Å². The fraction of sp³-hybridized carbons (Fsp3) is 0.409. The summed E-state index contributed by atoms with van der Waals surface area (Å²) in [5.41, 5.74) is 4.06. The van der Waals surface area contributed by atoms with Crippen molar-refractivity contribution in [1.82, 2.24) is 19.9 Å². The van der Waals surface area contributed by atoms with Gasteiger partial charge in [0.15, 0.2) is 0 Å². The predicted molar refractivity (Wildman–Crippen MR) is 108 cm³/mol. The molecule has 1 saturated heterocycles. The number of carbonyl (C=O) groups excluding carboxylic acids is 1. The number of fused-ring (bicyclic) bond motifs is 1. The molecule has 3 aromatic rings. The van der Waals surface area contributed by atoms with Crippen LogP contribution in [0.2, 0.25) is 0 Å². The third kappa shape index (κ3) is 3.78. The summed E-state index contributed by atoms with van der Waals surface area (Å²) in [6.07, 6.45) is 6.77. The number of aliphatic hydroxyl groups is 1. The third-order valence-corrected chi connectivity index (χ3v) is 5.71. The summed E-state index contributed by atoms with van der Waals surface area (Å²) in [4.78, 5) is 26.7. The van der Waals surface area contributed by atoms with Crippen LogP contribution >= 0.6 is 0 Å². The zero-order valence-corrected chi connectivity index (χ0v) is 16.2. The monoisotopic (exact) mass is 378 g/mol. The Balaban J connectivity index is 1.35. The van der Waals surface area contributed by atoms with Crippen molar-refractivity contribution in [3.05, 3.63) is 59.3 Å². The number of aromatic nitrogens is 3. The topological polar surface area (TPSA) is 82.1 Å². The lowest BCUT2D eigenvalue weighted by Gasteiger charge is -2.32. The van der Waals surface area contributed by atoms with Crippen LogP contribution in [0.4, 0.5) is 0 Å². The summed E-state index contributed by atoms with van der Waals surface area (Å²) < 4.78 is 0. The first-order valence-electron chi connectivity index (χ1n) is 9.91. The fourth-order valence-electron chi connectivity index (χ4n) is 4.13. The highest BCUT2D eigenvalue weighted by atomic mass is 16.3. The molecule has 6 nitrogen and oxygen atoms in total. The summed E-state index contributed by atoms with van der Waals surface area (Å²) in [6.45, 7) is 3.31. The van der Waals surface area contributed by atoms with Crippen LogP contribution in [0.5, 0.6) is 0 Å². The molecule has 1 aliphatic rings. The van der Waals surface area contributed by atoms with E-state index >= 15 is 0 Å². The molecule has 0 aliphatic carbocycles. The van der Waals surface area contributed by atoms with Crippen molar-refractivity contribution in [3.63, 3.8) is 0 Å². The Morgan fingerprint density at radius 2 is 2.04 bits per heavy atom. The van der Waals surface area contributed by atoms with E-state index in [1.54, 1.807) is 6.20 Å². The van der Waals surface area contributed by atoms with Crippen LogP contribution in [-0.4, -0.2) is 44.0 Å². The van der Waals surface area contributed by atoms with Crippen LogP contribution < -0.4 is 0 Å². The Kier molecular flexibility index (Phi) is 5.39. The SMILES string of the molecule is Cc1ncc(CO)c(C2CCN(C(=O)CCc3c[nH]c4ccccc34)CC2)n1. The number of nitrogens with one attached hydrogen (secondary N) is 1. The van der Waals surface area contributed by atoms with E-state index in [1.807, 2.05) is 30.2 Å². The lowest BCUT2D eigenvalue weighted by atomic mass is 9.90. The number of hydrogen-bond donors (Lipinski definition) is 2. The van der Waals surface area contributed by atoms with Crippen LogP contribution in [0.25, 0.3) is 10.9 Å². The van der Waals surface area contributed by atoms with Crippen molar-refractivity contribution in [1.29, 1.82) is 0 Å². The number of amides is 1. The van der Waals surface area contributed by atoms with E-state index < -0.39 is 0 Å². The van der Waals surface area contributed by atoms with E-state index in [-0.39, 0.29) is 18.4 Å². The van der Waals surface area contributed by atoms with Gasteiger partial charge >= 0.3 is 0 Å². The number of benzene rings is 1. The van der Waals surface area contributed by atoms with Gasteiger partial charge < -0.3 is 15.0 Å². The van der Waals surface area contributed by atoms with Gasteiger partial charge in [-0.1, -0.05) is 18.2 Å². The van der Waals surface area contributed by atoms with Gasteiger partial charge in [0.1, 0.15) is 5.82 Å². The summed E-state index contributed by atoms with van der Waals surface area (Å²) in [6, 6.07) is 8.20. The van der Waals surface area contributed by atoms with Gasteiger partial charge in [0.25, 0.3) is 0 Å². The number of para-hydroxylation sites is 1. The highest BCUT2D eigenvalue weighted by Crippen LogP contribution is 2.29. The second kappa shape index (κ2) is 8.10. The van der Waals surface area contributed by atoms with Crippen LogP contribution in [-0.2, 0) is 17.8 Å². The zero-order valence-electron chi connectivity index (χ0n) is 16.2. The number of rotatable bonds is 5. The van der Waals surface area contributed by atoms with E-state index in [0.29, 0.717) is 6.42 Å². The summed E-state index contributed by atoms with van der Waals surface area (Å²) in [5, 5.41) is 10.8. The van der Waals surface area contributed by atoms with E-state index in [1.165, 1.54) is 10.9 Å². The van der Waals surface area contributed by atoms with Gasteiger partial charge in [0, 0.05) is 54.3 Å². The van der Waals surface area contributed by atoms with E-state index in [2.05, 4.69) is 27.1 Å². The number of aromatic amines is 1. The molecule has 0 bridgehead atoms. The molecule has 28 heavy (non-hydrogen) atoms. The molecule has 0 spiro atoms. The zero-order chi connectivity index (χ0) is 19.5. The van der Waals surface area contributed by atoms with Gasteiger partial charge in [0.2, 0.25) is 5.91 Å². The Bertz CT molecular complexity index is 974. The second-order valence-corrected chi connectivity index (χ2v) is 7.50. The number of H-pyrrole nitrogens is 1. The molecule has 1 aliphatic heterocycles. The van der Waals surface area contributed by atoms with Crippen molar-refractivity contribution in [2.24, 2.45) is 0 Å². The highest BCUT2D eigenvalue weighted by Gasteiger charge is 2.26. The molecule has 1 aromatic carbocycles. The number of aryl methyl sites for hydroxylation is 2. The van der Waals surface area contributed by atoms with Gasteiger partial charge in [-0.2, -0.15) is 0 Å². The second-order valence-electron chi connectivity index (χ2n) is 7.50. The van der Waals surface area contributed by atoms with Crippen molar-refractivity contribution >= 4 is 16.8 Å². The molecule has 3 heterocycles. The average molecular weight is 378 g/mol. The summed E-state index contributed by atoms with van der Waals surface area (Å²) in [7, 11) is 0. The van der Waals surface area contributed by atoms with Crippen molar-refractivity contribution < 1.29 is 9.90 Å².